The second-order valence-corrected chi connectivity index (χ2v) is 8.79. The number of ketones is 1. The molecule has 35 heavy (non-hydrogen) atoms. The molecule has 0 bridgehead atoms. The summed E-state index contributed by atoms with van der Waals surface area (Å²) >= 11 is 6.13. The molecule has 0 saturated carbocycles. The number of nitrogens with zero attached hydrogens (tertiary/aromatic N) is 1. The van der Waals surface area contributed by atoms with Crippen LogP contribution < -0.4 is 14.4 Å². The molecule has 0 spiro atoms. The summed E-state index contributed by atoms with van der Waals surface area (Å²) in [6.45, 7) is 6.15. The minimum Gasteiger partial charge on any atom is -0.507 e. The number of benzene rings is 3. The molecule has 0 radical (unpaired) electrons. The van der Waals surface area contributed by atoms with Crippen LogP contribution in [0, 0.1) is 0 Å². The minimum absolute atomic E-state index is 0.0271. The van der Waals surface area contributed by atoms with Crippen molar-refractivity contribution in [1.82, 2.24) is 0 Å². The summed E-state index contributed by atoms with van der Waals surface area (Å²) in [7, 11) is 0. The Bertz CT molecular complexity index is 1300. The van der Waals surface area contributed by atoms with Crippen LogP contribution >= 0.6 is 11.6 Å². The van der Waals surface area contributed by atoms with E-state index in [0.717, 1.165) is 0 Å². The maximum absolute atomic E-state index is 13.4. The first-order valence-electron chi connectivity index (χ1n) is 11.4. The van der Waals surface area contributed by atoms with Gasteiger partial charge < -0.3 is 14.6 Å². The van der Waals surface area contributed by atoms with Gasteiger partial charge in [-0.15, -0.1) is 0 Å². The van der Waals surface area contributed by atoms with E-state index in [0.29, 0.717) is 39.9 Å². The van der Waals surface area contributed by atoms with Crippen LogP contribution in [0.2, 0.25) is 5.02 Å². The molecule has 1 heterocycles. The highest BCUT2D eigenvalue weighted by atomic mass is 35.5. The predicted molar refractivity (Wildman–Crippen MR) is 136 cm³/mol. The lowest BCUT2D eigenvalue weighted by atomic mass is 9.95. The SMILES string of the molecule is CCOc1cccc(N2C(=O)C(=O)/C(=C(/O)c3cccc(Cl)c3)C2c2cccc(OC(C)C)c2)c1. The molecule has 3 aromatic rings. The number of hydrogen-bond acceptors (Lipinski definition) is 5. The van der Waals surface area contributed by atoms with Crippen LogP contribution in [-0.2, 0) is 9.59 Å². The van der Waals surface area contributed by atoms with Gasteiger partial charge in [0.25, 0.3) is 11.7 Å². The molecule has 1 aliphatic rings. The number of aliphatic hydroxyl groups excluding tert-OH is 1. The van der Waals surface area contributed by atoms with Gasteiger partial charge in [0.05, 0.1) is 24.3 Å². The molecular weight excluding hydrogens is 466 g/mol. The summed E-state index contributed by atoms with van der Waals surface area (Å²) in [5.41, 5.74) is 1.41. The fourth-order valence-corrected chi connectivity index (χ4v) is 4.32. The second kappa shape index (κ2) is 10.2. The van der Waals surface area contributed by atoms with Gasteiger partial charge in [-0.25, -0.2) is 0 Å². The van der Waals surface area contributed by atoms with E-state index in [1.807, 2.05) is 26.8 Å². The van der Waals surface area contributed by atoms with Crippen molar-refractivity contribution >= 4 is 34.7 Å². The van der Waals surface area contributed by atoms with Gasteiger partial charge in [0.1, 0.15) is 17.3 Å². The van der Waals surface area contributed by atoms with E-state index in [4.69, 9.17) is 21.1 Å². The lowest BCUT2D eigenvalue weighted by Gasteiger charge is -2.26. The fourth-order valence-electron chi connectivity index (χ4n) is 4.13. The molecule has 6 nitrogen and oxygen atoms in total. The number of aliphatic hydroxyl groups is 1. The number of ether oxygens (including phenoxy) is 2. The van der Waals surface area contributed by atoms with Crippen molar-refractivity contribution in [2.75, 3.05) is 11.5 Å². The van der Waals surface area contributed by atoms with Gasteiger partial charge in [0.2, 0.25) is 0 Å². The summed E-state index contributed by atoms with van der Waals surface area (Å²) in [6, 6.07) is 19.8. The van der Waals surface area contributed by atoms with Crippen molar-refractivity contribution in [3.8, 4) is 11.5 Å². The van der Waals surface area contributed by atoms with Crippen molar-refractivity contribution in [1.29, 1.82) is 0 Å². The molecular formula is C28H26ClNO5. The van der Waals surface area contributed by atoms with E-state index in [2.05, 4.69) is 0 Å². The first-order chi connectivity index (χ1) is 16.8. The zero-order valence-electron chi connectivity index (χ0n) is 19.7. The van der Waals surface area contributed by atoms with E-state index in [1.54, 1.807) is 66.7 Å². The minimum atomic E-state index is -0.887. The molecule has 7 heteroatoms. The zero-order chi connectivity index (χ0) is 25.1. The smallest absolute Gasteiger partial charge is 0.300 e. The largest absolute Gasteiger partial charge is 0.507 e. The Balaban J connectivity index is 1.93. The molecule has 0 aliphatic carbocycles. The van der Waals surface area contributed by atoms with Crippen LogP contribution in [0.5, 0.6) is 11.5 Å². The first-order valence-corrected chi connectivity index (χ1v) is 11.7. The highest BCUT2D eigenvalue weighted by Crippen LogP contribution is 2.43. The fraction of sp³-hybridized carbons (Fsp3) is 0.214. The lowest BCUT2D eigenvalue weighted by molar-refractivity contribution is -0.132. The van der Waals surface area contributed by atoms with Crippen molar-refractivity contribution in [2.24, 2.45) is 0 Å². The Morgan fingerprint density at radius 1 is 1.00 bits per heavy atom. The average Bonchev–Trinajstić information content (AvgIpc) is 3.09. The number of Topliss-reactive ketones (excluding diaryl/α,β-unsaturated/α-hetero) is 1. The molecule has 1 unspecified atom stereocenters. The van der Waals surface area contributed by atoms with Gasteiger partial charge in [-0.1, -0.05) is 41.9 Å². The molecule has 1 N–H and O–H groups in total. The van der Waals surface area contributed by atoms with Crippen LogP contribution in [0.4, 0.5) is 5.69 Å². The third kappa shape index (κ3) is 5.03. The van der Waals surface area contributed by atoms with Crippen LogP contribution in [0.25, 0.3) is 5.76 Å². The van der Waals surface area contributed by atoms with Gasteiger partial charge >= 0.3 is 0 Å². The van der Waals surface area contributed by atoms with E-state index in [1.165, 1.54) is 4.90 Å². The average molecular weight is 492 g/mol. The topological polar surface area (TPSA) is 76.1 Å². The summed E-state index contributed by atoms with van der Waals surface area (Å²) in [5.74, 6) is -0.673. The lowest BCUT2D eigenvalue weighted by Crippen LogP contribution is -2.29. The Labute approximate surface area is 209 Å². The van der Waals surface area contributed by atoms with Crippen LogP contribution in [0.3, 0.4) is 0 Å². The van der Waals surface area contributed by atoms with Gasteiger partial charge in [-0.3, -0.25) is 14.5 Å². The number of amides is 1. The third-order valence-electron chi connectivity index (χ3n) is 5.49. The predicted octanol–water partition coefficient (Wildman–Crippen LogP) is 6.15. The molecule has 0 aromatic heterocycles. The number of carbonyl (C=O) groups excluding carboxylic acids is 2. The van der Waals surface area contributed by atoms with Crippen LogP contribution in [0.1, 0.15) is 37.9 Å². The molecule has 180 valence electrons. The summed E-state index contributed by atoms with van der Waals surface area (Å²) in [6.07, 6.45) is -0.0639. The molecule has 4 rings (SSSR count). The van der Waals surface area contributed by atoms with Crippen molar-refractivity contribution < 1.29 is 24.2 Å². The number of rotatable bonds is 7. The molecule has 1 atom stereocenters. The number of halogens is 1. The molecule has 1 fully saturated rings. The summed E-state index contributed by atoms with van der Waals surface area (Å²) in [5, 5.41) is 11.6. The highest BCUT2D eigenvalue weighted by Gasteiger charge is 2.47. The number of hydrogen-bond donors (Lipinski definition) is 1. The highest BCUT2D eigenvalue weighted by molar-refractivity contribution is 6.51. The molecule has 3 aromatic carbocycles. The van der Waals surface area contributed by atoms with Gasteiger partial charge in [0, 0.05) is 22.3 Å². The molecule has 1 aliphatic heterocycles. The second-order valence-electron chi connectivity index (χ2n) is 8.35. The van der Waals surface area contributed by atoms with E-state index in [-0.39, 0.29) is 17.4 Å². The van der Waals surface area contributed by atoms with Gasteiger partial charge in [-0.2, -0.15) is 0 Å². The van der Waals surface area contributed by atoms with Crippen molar-refractivity contribution in [3.63, 3.8) is 0 Å². The van der Waals surface area contributed by atoms with E-state index in [9.17, 15) is 14.7 Å². The summed E-state index contributed by atoms with van der Waals surface area (Å²) in [4.78, 5) is 28.1. The Morgan fingerprint density at radius 3 is 2.43 bits per heavy atom. The van der Waals surface area contributed by atoms with Crippen LogP contribution in [0.15, 0.2) is 78.4 Å². The van der Waals surface area contributed by atoms with Crippen molar-refractivity contribution in [3.05, 3.63) is 94.5 Å². The van der Waals surface area contributed by atoms with Gasteiger partial charge in [0.15, 0.2) is 0 Å². The monoisotopic (exact) mass is 491 g/mol. The van der Waals surface area contributed by atoms with Crippen molar-refractivity contribution in [2.45, 2.75) is 32.9 Å². The van der Waals surface area contributed by atoms with E-state index >= 15 is 0 Å². The summed E-state index contributed by atoms with van der Waals surface area (Å²) < 4.78 is 11.5. The number of carbonyl (C=O) groups is 2. The Morgan fingerprint density at radius 2 is 1.71 bits per heavy atom. The molecule has 1 amide bonds. The Hall–Kier alpha value is -3.77. The quantitative estimate of drug-likeness (QED) is 0.243. The van der Waals surface area contributed by atoms with E-state index < -0.39 is 17.7 Å². The van der Waals surface area contributed by atoms with Crippen LogP contribution in [-0.4, -0.2) is 29.5 Å². The standard InChI is InChI=1S/C28H26ClNO5/c1-4-34-22-12-7-11-21(16-22)30-25(18-8-6-13-23(15-18)35-17(2)3)24(27(32)28(30)33)26(31)19-9-5-10-20(29)14-19/h5-17,25,31H,4H2,1-3H3/b26-24+. The third-order valence-corrected chi connectivity index (χ3v) is 5.73. The number of anilines is 1. The molecule has 1 saturated heterocycles. The van der Waals surface area contributed by atoms with Gasteiger partial charge in [-0.05, 0) is 62.7 Å². The maximum Gasteiger partial charge on any atom is 0.300 e. The first kappa shape index (κ1) is 24.4. The normalized spacial score (nSPS) is 17.2. The maximum atomic E-state index is 13.4. The Kier molecular flexibility index (Phi) is 7.12. The zero-order valence-corrected chi connectivity index (χ0v) is 20.5.